The Morgan fingerprint density at radius 3 is 2.59 bits per heavy atom. The van der Waals surface area contributed by atoms with Crippen LogP contribution >= 0.6 is 11.6 Å². The van der Waals surface area contributed by atoms with Gasteiger partial charge in [-0.2, -0.15) is 4.31 Å². The first-order valence-corrected chi connectivity index (χ1v) is 11.3. The monoisotopic (exact) mass is 433 g/mol. The zero-order valence-electron chi connectivity index (χ0n) is 16.4. The summed E-state index contributed by atoms with van der Waals surface area (Å²) in [7, 11) is -3.72. The van der Waals surface area contributed by atoms with Crippen LogP contribution in [0.25, 0.3) is 10.9 Å². The molecule has 0 aliphatic rings. The smallest absolute Gasteiger partial charge is 0.244 e. The molecule has 1 aromatic heterocycles. The maximum absolute atomic E-state index is 12.8. The quantitative estimate of drug-likeness (QED) is 0.551. The number of carbonyl (C=O) groups is 1. The highest BCUT2D eigenvalue weighted by atomic mass is 35.5. The number of anilines is 1. The number of aromatic amines is 1. The molecule has 1 amide bonds. The van der Waals surface area contributed by atoms with Crippen LogP contribution in [-0.2, 0) is 21.2 Å². The summed E-state index contributed by atoms with van der Waals surface area (Å²) in [4.78, 5) is 15.6. The van der Waals surface area contributed by atoms with E-state index in [-0.39, 0.29) is 22.2 Å². The Hall–Kier alpha value is -2.35. The van der Waals surface area contributed by atoms with E-state index < -0.39 is 10.0 Å². The Morgan fingerprint density at radius 2 is 1.86 bits per heavy atom. The number of hydrogen-bond acceptors (Lipinski definition) is 3. The van der Waals surface area contributed by atoms with Gasteiger partial charge in [0.2, 0.25) is 15.9 Å². The third-order valence-electron chi connectivity index (χ3n) is 4.83. The van der Waals surface area contributed by atoms with Gasteiger partial charge in [-0.3, -0.25) is 4.79 Å². The van der Waals surface area contributed by atoms with E-state index in [0.717, 1.165) is 16.5 Å². The fraction of sp³-hybridized carbons (Fsp3) is 0.286. The summed E-state index contributed by atoms with van der Waals surface area (Å²) in [6.45, 7) is 4.23. The van der Waals surface area contributed by atoms with Crippen LogP contribution in [0.5, 0.6) is 0 Å². The highest BCUT2D eigenvalue weighted by Crippen LogP contribution is 2.28. The van der Waals surface area contributed by atoms with Crippen LogP contribution < -0.4 is 5.32 Å². The van der Waals surface area contributed by atoms with Crippen molar-refractivity contribution in [2.24, 2.45) is 0 Å². The summed E-state index contributed by atoms with van der Waals surface area (Å²) in [6.07, 6.45) is 2.77. The number of halogens is 1. The minimum atomic E-state index is -3.72. The van der Waals surface area contributed by atoms with Crippen LogP contribution in [0.4, 0.5) is 5.69 Å². The molecule has 0 saturated carbocycles. The van der Waals surface area contributed by atoms with Gasteiger partial charge in [-0.15, -0.1) is 0 Å². The Morgan fingerprint density at radius 1 is 1.14 bits per heavy atom. The largest absolute Gasteiger partial charge is 0.361 e. The Labute approximate surface area is 175 Å². The third kappa shape index (κ3) is 4.63. The Balaban J connectivity index is 1.72. The molecule has 154 valence electrons. The molecule has 0 aliphatic heterocycles. The minimum absolute atomic E-state index is 0.00250. The molecule has 0 bridgehead atoms. The van der Waals surface area contributed by atoms with Crippen molar-refractivity contribution in [1.29, 1.82) is 0 Å². The molecule has 0 fully saturated rings. The first-order valence-electron chi connectivity index (χ1n) is 9.51. The van der Waals surface area contributed by atoms with Gasteiger partial charge in [0.1, 0.15) is 4.90 Å². The lowest BCUT2D eigenvalue weighted by molar-refractivity contribution is -0.116. The van der Waals surface area contributed by atoms with Crippen LogP contribution in [-0.4, -0.2) is 36.7 Å². The molecule has 8 heteroatoms. The first kappa shape index (κ1) is 21.4. The van der Waals surface area contributed by atoms with E-state index in [1.807, 2.05) is 30.5 Å². The van der Waals surface area contributed by atoms with E-state index in [1.54, 1.807) is 19.9 Å². The molecule has 6 nitrogen and oxygen atoms in total. The average molecular weight is 434 g/mol. The van der Waals surface area contributed by atoms with E-state index in [1.165, 1.54) is 16.4 Å². The van der Waals surface area contributed by atoms with Crippen LogP contribution in [0.15, 0.2) is 53.6 Å². The van der Waals surface area contributed by atoms with Crippen molar-refractivity contribution in [3.05, 3.63) is 59.2 Å². The lowest BCUT2D eigenvalue weighted by atomic mass is 10.1. The molecule has 29 heavy (non-hydrogen) atoms. The van der Waals surface area contributed by atoms with Gasteiger partial charge in [-0.05, 0) is 36.2 Å². The van der Waals surface area contributed by atoms with E-state index >= 15 is 0 Å². The summed E-state index contributed by atoms with van der Waals surface area (Å²) in [5, 5.41) is 4.01. The van der Waals surface area contributed by atoms with Crippen molar-refractivity contribution in [1.82, 2.24) is 9.29 Å². The molecule has 1 heterocycles. The fourth-order valence-corrected chi connectivity index (χ4v) is 5.25. The number of nitrogens with zero attached hydrogens (tertiary/aromatic N) is 1. The van der Waals surface area contributed by atoms with Crippen molar-refractivity contribution in [2.75, 3.05) is 18.4 Å². The molecule has 0 unspecified atom stereocenters. The molecule has 0 aliphatic carbocycles. The van der Waals surface area contributed by atoms with E-state index in [2.05, 4.69) is 10.3 Å². The molecule has 0 spiro atoms. The Kier molecular flexibility index (Phi) is 6.62. The summed E-state index contributed by atoms with van der Waals surface area (Å²) in [5.41, 5.74) is 2.51. The number of aryl methyl sites for hydroxylation is 1. The van der Waals surface area contributed by atoms with Gasteiger partial charge in [0.25, 0.3) is 0 Å². The fourth-order valence-electron chi connectivity index (χ4n) is 3.29. The second-order valence-electron chi connectivity index (χ2n) is 6.64. The predicted octanol–water partition coefficient (Wildman–Crippen LogP) is 4.42. The van der Waals surface area contributed by atoms with Crippen LogP contribution in [0.1, 0.15) is 25.8 Å². The molecule has 0 radical (unpaired) electrons. The van der Waals surface area contributed by atoms with Gasteiger partial charge in [0.05, 0.1) is 5.02 Å². The Bertz CT molecular complexity index is 1120. The predicted molar refractivity (Wildman–Crippen MR) is 117 cm³/mol. The number of sulfonamides is 1. The molecule has 0 saturated heterocycles. The maximum atomic E-state index is 12.8. The SMILES string of the molecule is CCN(CC)S(=O)(=O)c1cc(NC(=O)CCc2c[nH]c3ccccc23)ccc1Cl. The van der Waals surface area contributed by atoms with E-state index in [0.29, 0.717) is 25.2 Å². The number of hydrogen-bond donors (Lipinski definition) is 2. The normalized spacial score (nSPS) is 11.9. The van der Waals surface area contributed by atoms with Gasteiger partial charge in [-0.1, -0.05) is 43.6 Å². The standard InChI is InChI=1S/C21H24ClN3O3S/c1-3-25(4-2)29(27,28)20-13-16(10-11-18(20)22)24-21(26)12-9-15-14-23-19-8-6-5-7-17(15)19/h5-8,10-11,13-14,23H,3-4,9,12H2,1-2H3,(H,24,26). The summed E-state index contributed by atoms with van der Waals surface area (Å²) in [6, 6.07) is 12.4. The highest BCUT2D eigenvalue weighted by molar-refractivity contribution is 7.89. The van der Waals surface area contributed by atoms with Gasteiger partial charge in [-0.25, -0.2) is 8.42 Å². The maximum Gasteiger partial charge on any atom is 0.244 e. The number of aromatic nitrogens is 1. The molecular formula is C21H24ClN3O3S. The van der Waals surface area contributed by atoms with Crippen LogP contribution in [0.2, 0.25) is 5.02 Å². The molecule has 0 atom stereocenters. The topological polar surface area (TPSA) is 82.3 Å². The molecule has 3 aromatic rings. The number of fused-ring (bicyclic) bond motifs is 1. The number of H-pyrrole nitrogens is 1. The number of benzene rings is 2. The zero-order chi connectivity index (χ0) is 21.0. The van der Waals surface area contributed by atoms with Gasteiger partial charge in [0.15, 0.2) is 0 Å². The minimum Gasteiger partial charge on any atom is -0.361 e. The van der Waals surface area contributed by atoms with Crippen molar-refractivity contribution >= 4 is 44.1 Å². The lowest BCUT2D eigenvalue weighted by Crippen LogP contribution is -2.30. The lowest BCUT2D eigenvalue weighted by Gasteiger charge is -2.19. The molecule has 2 N–H and O–H groups in total. The summed E-state index contributed by atoms with van der Waals surface area (Å²) >= 11 is 6.14. The molecule has 2 aromatic carbocycles. The molecular weight excluding hydrogens is 410 g/mol. The molecule has 3 rings (SSSR count). The zero-order valence-corrected chi connectivity index (χ0v) is 18.0. The number of amides is 1. The van der Waals surface area contributed by atoms with Crippen LogP contribution in [0, 0.1) is 0 Å². The van der Waals surface area contributed by atoms with Gasteiger partial charge < -0.3 is 10.3 Å². The van der Waals surface area contributed by atoms with E-state index in [4.69, 9.17) is 11.6 Å². The average Bonchev–Trinajstić information content (AvgIpc) is 3.11. The van der Waals surface area contributed by atoms with Crippen molar-refractivity contribution in [3.63, 3.8) is 0 Å². The van der Waals surface area contributed by atoms with Crippen molar-refractivity contribution < 1.29 is 13.2 Å². The highest BCUT2D eigenvalue weighted by Gasteiger charge is 2.25. The third-order valence-corrected chi connectivity index (χ3v) is 7.37. The first-order chi connectivity index (χ1) is 13.9. The van der Waals surface area contributed by atoms with Crippen molar-refractivity contribution in [3.8, 4) is 0 Å². The number of para-hydroxylation sites is 1. The second kappa shape index (κ2) is 8.98. The second-order valence-corrected chi connectivity index (χ2v) is 8.96. The van der Waals surface area contributed by atoms with Gasteiger partial charge in [0, 0.05) is 42.3 Å². The number of carbonyl (C=O) groups excluding carboxylic acids is 1. The van der Waals surface area contributed by atoms with Crippen LogP contribution in [0.3, 0.4) is 0 Å². The van der Waals surface area contributed by atoms with Crippen molar-refractivity contribution in [2.45, 2.75) is 31.6 Å². The summed E-state index contributed by atoms with van der Waals surface area (Å²) < 4.78 is 26.9. The van der Waals surface area contributed by atoms with E-state index in [9.17, 15) is 13.2 Å². The summed E-state index contributed by atoms with van der Waals surface area (Å²) in [5.74, 6) is -0.191. The number of nitrogens with one attached hydrogen (secondary N) is 2. The number of rotatable bonds is 8. The van der Waals surface area contributed by atoms with Gasteiger partial charge >= 0.3 is 0 Å².